The van der Waals surface area contributed by atoms with Crippen LogP contribution in [0, 0.1) is 11.5 Å². The van der Waals surface area contributed by atoms with Gasteiger partial charge in [-0.3, -0.25) is 4.72 Å². The molecule has 0 radical (unpaired) electrons. The number of pyridine rings is 1. The number of guanidine groups is 1. The molecule has 4 rings (SSSR count). The number of sulfonamides is 1. The number of rotatable bonds is 8. The fraction of sp³-hybridized carbons (Fsp3) is 0.0741. The number of benzene rings is 3. The van der Waals surface area contributed by atoms with Crippen LogP contribution in [0.5, 0.6) is 5.88 Å². The minimum Gasteiger partial charge on any atom is -0.481 e. The first-order chi connectivity index (χ1) is 18.0. The number of hydrogen-bond donors (Lipinski definition) is 3. The molecule has 0 spiro atoms. The lowest BCUT2D eigenvalue weighted by molar-refractivity contribution is 0.398. The molecule has 0 saturated carbocycles. The summed E-state index contributed by atoms with van der Waals surface area (Å²) in [6.45, 7) is 0.347. The van der Waals surface area contributed by atoms with Crippen molar-refractivity contribution in [2.45, 2.75) is 11.4 Å². The van der Waals surface area contributed by atoms with Crippen molar-refractivity contribution in [3.05, 3.63) is 103 Å². The Kier molecular flexibility index (Phi) is 7.98. The SMILES string of the molecule is COc1cc(N/C(=N/C#N)NCc2ccc(NS(=O)(=O)c3ccccc3-c3ccccc3)cc2)ccn1. The van der Waals surface area contributed by atoms with Gasteiger partial charge in [0.05, 0.1) is 12.0 Å². The fourth-order valence-corrected chi connectivity index (χ4v) is 4.83. The number of ether oxygens (including phenoxy) is 1. The molecule has 4 aromatic rings. The summed E-state index contributed by atoms with van der Waals surface area (Å²) in [5, 5.41) is 15.1. The normalized spacial score (nSPS) is 11.3. The van der Waals surface area contributed by atoms with Crippen LogP contribution in [0.1, 0.15) is 5.56 Å². The predicted octanol–water partition coefficient (Wildman–Crippen LogP) is 4.60. The summed E-state index contributed by atoms with van der Waals surface area (Å²) < 4.78 is 34.1. The molecule has 10 heteroatoms. The maximum Gasteiger partial charge on any atom is 0.262 e. The average molecular weight is 513 g/mol. The van der Waals surface area contributed by atoms with Crippen LogP contribution in [0.2, 0.25) is 0 Å². The van der Waals surface area contributed by atoms with Crippen molar-refractivity contribution in [2.24, 2.45) is 4.99 Å². The molecule has 0 atom stereocenters. The lowest BCUT2D eigenvalue weighted by Crippen LogP contribution is -2.30. The largest absolute Gasteiger partial charge is 0.481 e. The van der Waals surface area contributed by atoms with Gasteiger partial charge in [-0.25, -0.2) is 13.4 Å². The Hall–Kier alpha value is -4.88. The number of aromatic nitrogens is 1. The van der Waals surface area contributed by atoms with Gasteiger partial charge >= 0.3 is 0 Å². The Morgan fingerprint density at radius 2 is 1.70 bits per heavy atom. The van der Waals surface area contributed by atoms with Crippen molar-refractivity contribution in [3.63, 3.8) is 0 Å². The number of aliphatic imine (C=N–C) groups is 1. The van der Waals surface area contributed by atoms with Crippen molar-refractivity contribution in [1.29, 1.82) is 5.26 Å². The van der Waals surface area contributed by atoms with E-state index < -0.39 is 10.0 Å². The van der Waals surface area contributed by atoms with Crippen LogP contribution in [0.15, 0.2) is 107 Å². The van der Waals surface area contributed by atoms with Crippen molar-refractivity contribution in [2.75, 3.05) is 17.1 Å². The van der Waals surface area contributed by atoms with Crippen molar-refractivity contribution >= 4 is 27.4 Å². The van der Waals surface area contributed by atoms with Gasteiger partial charge in [0.1, 0.15) is 0 Å². The van der Waals surface area contributed by atoms with E-state index in [0.29, 0.717) is 29.4 Å². The fourth-order valence-electron chi connectivity index (χ4n) is 3.54. The van der Waals surface area contributed by atoms with Crippen LogP contribution in [0.4, 0.5) is 11.4 Å². The minimum absolute atomic E-state index is 0.197. The zero-order chi connectivity index (χ0) is 26.1. The number of hydrogen-bond acceptors (Lipinski definition) is 6. The van der Waals surface area contributed by atoms with E-state index in [0.717, 1.165) is 11.1 Å². The third-order valence-electron chi connectivity index (χ3n) is 5.30. The highest BCUT2D eigenvalue weighted by Gasteiger charge is 2.19. The molecule has 0 bridgehead atoms. The Balaban J connectivity index is 1.43. The zero-order valence-electron chi connectivity index (χ0n) is 19.9. The zero-order valence-corrected chi connectivity index (χ0v) is 20.7. The summed E-state index contributed by atoms with van der Waals surface area (Å²) in [5.41, 5.74) is 3.37. The van der Waals surface area contributed by atoms with E-state index in [1.807, 2.05) is 36.4 Å². The summed E-state index contributed by atoms with van der Waals surface area (Å²) in [4.78, 5) is 8.01. The molecule has 3 aromatic carbocycles. The van der Waals surface area contributed by atoms with Gasteiger partial charge < -0.3 is 15.4 Å². The summed E-state index contributed by atoms with van der Waals surface area (Å²) >= 11 is 0. The number of anilines is 2. The number of nitrogens with one attached hydrogen (secondary N) is 3. The van der Waals surface area contributed by atoms with Gasteiger partial charge in [0, 0.05) is 35.7 Å². The summed E-state index contributed by atoms with van der Waals surface area (Å²) in [6.07, 6.45) is 3.33. The Labute approximate surface area is 215 Å². The number of nitriles is 1. The first-order valence-electron chi connectivity index (χ1n) is 11.2. The number of nitrogens with zero attached hydrogens (tertiary/aromatic N) is 3. The molecule has 0 aliphatic rings. The highest BCUT2D eigenvalue weighted by molar-refractivity contribution is 7.92. The molecule has 3 N–H and O–H groups in total. The van der Waals surface area contributed by atoms with Gasteiger partial charge in [-0.2, -0.15) is 5.26 Å². The van der Waals surface area contributed by atoms with E-state index in [1.165, 1.54) is 7.11 Å². The van der Waals surface area contributed by atoms with E-state index in [9.17, 15) is 8.42 Å². The topological polar surface area (TPSA) is 128 Å². The molecule has 37 heavy (non-hydrogen) atoms. The minimum atomic E-state index is -3.82. The smallest absolute Gasteiger partial charge is 0.262 e. The summed E-state index contributed by atoms with van der Waals surface area (Å²) in [6, 6.07) is 26.6. The summed E-state index contributed by atoms with van der Waals surface area (Å²) in [7, 11) is -2.31. The summed E-state index contributed by atoms with van der Waals surface area (Å²) in [5.74, 6) is 0.670. The van der Waals surface area contributed by atoms with Crippen molar-refractivity contribution in [1.82, 2.24) is 10.3 Å². The van der Waals surface area contributed by atoms with E-state index in [-0.39, 0.29) is 10.9 Å². The molecule has 186 valence electrons. The van der Waals surface area contributed by atoms with Gasteiger partial charge in [-0.1, -0.05) is 60.7 Å². The number of methoxy groups -OCH3 is 1. The maximum atomic E-state index is 13.2. The molecule has 0 fully saturated rings. The Bertz CT molecular complexity index is 1530. The average Bonchev–Trinajstić information content (AvgIpc) is 2.93. The van der Waals surface area contributed by atoms with E-state index in [4.69, 9.17) is 10.00 Å². The molecule has 1 heterocycles. The second-order valence-corrected chi connectivity index (χ2v) is 9.44. The van der Waals surface area contributed by atoms with E-state index in [2.05, 4.69) is 25.3 Å². The van der Waals surface area contributed by atoms with Gasteiger partial charge in [0.2, 0.25) is 18.0 Å². The van der Waals surface area contributed by atoms with Gasteiger partial charge in [0.25, 0.3) is 10.0 Å². The first-order valence-corrected chi connectivity index (χ1v) is 12.7. The second kappa shape index (κ2) is 11.7. The molecule has 0 aliphatic carbocycles. The van der Waals surface area contributed by atoms with Gasteiger partial charge in [-0.05, 0) is 35.4 Å². The van der Waals surface area contributed by atoms with E-state index in [1.54, 1.807) is 67.0 Å². The highest BCUT2D eigenvalue weighted by atomic mass is 32.2. The first kappa shape index (κ1) is 25.2. The predicted molar refractivity (Wildman–Crippen MR) is 143 cm³/mol. The molecule has 0 aliphatic heterocycles. The second-order valence-electron chi connectivity index (χ2n) is 7.79. The molecular formula is C27H24N6O3S. The van der Waals surface area contributed by atoms with Gasteiger partial charge in [0.15, 0.2) is 0 Å². The molecule has 0 amide bonds. The van der Waals surface area contributed by atoms with Crippen LogP contribution in [0.3, 0.4) is 0 Å². The Morgan fingerprint density at radius 1 is 0.973 bits per heavy atom. The van der Waals surface area contributed by atoms with Crippen LogP contribution in [-0.4, -0.2) is 26.5 Å². The quantitative estimate of drug-likeness (QED) is 0.179. The van der Waals surface area contributed by atoms with Crippen LogP contribution >= 0.6 is 0 Å². The van der Waals surface area contributed by atoms with E-state index >= 15 is 0 Å². The highest BCUT2D eigenvalue weighted by Crippen LogP contribution is 2.28. The Morgan fingerprint density at radius 3 is 2.43 bits per heavy atom. The van der Waals surface area contributed by atoms with Crippen LogP contribution in [0.25, 0.3) is 11.1 Å². The monoisotopic (exact) mass is 512 g/mol. The lowest BCUT2D eigenvalue weighted by Gasteiger charge is -2.14. The lowest BCUT2D eigenvalue weighted by atomic mass is 10.1. The molecule has 0 unspecified atom stereocenters. The maximum absolute atomic E-state index is 13.2. The molecule has 1 aromatic heterocycles. The molecule has 0 saturated heterocycles. The van der Waals surface area contributed by atoms with Crippen molar-refractivity contribution in [3.8, 4) is 23.2 Å². The third-order valence-corrected chi connectivity index (χ3v) is 6.74. The van der Waals surface area contributed by atoms with Crippen LogP contribution in [-0.2, 0) is 16.6 Å². The van der Waals surface area contributed by atoms with Gasteiger partial charge in [-0.15, -0.1) is 4.99 Å². The van der Waals surface area contributed by atoms with Crippen LogP contribution < -0.4 is 20.1 Å². The third kappa shape index (κ3) is 6.62. The standard InChI is InChI=1S/C27H24N6O3S/c1-36-26-17-23(15-16-29-26)32-27(31-19-28)30-18-20-11-13-22(14-12-20)33-37(34,35)25-10-6-5-9-24(25)21-7-3-2-4-8-21/h2-17,33H,18H2,1H3,(H2,29,30,31,32). The molecule has 9 nitrogen and oxygen atoms in total. The van der Waals surface area contributed by atoms with Crippen molar-refractivity contribution < 1.29 is 13.2 Å². The molecular weight excluding hydrogens is 488 g/mol.